The molecule has 1 atom stereocenters. The van der Waals surface area contributed by atoms with Gasteiger partial charge in [0, 0.05) is 24.3 Å². The van der Waals surface area contributed by atoms with Crippen LogP contribution in [-0.2, 0) is 20.5 Å². The third kappa shape index (κ3) is 3.56. The Morgan fingerprint density at radius 3 is 2.38 bits per heavy atom. The fraction of sp³-hybridized carbons (Fsp3) is 0.609. The number of ketones is 1. The van der Waals surface area contributed by atoms with Gasteiger partial charge in [0.05, 0.1) is 16.9 Å². The Balaban J connectivity index is 1.41. The summed E-state index contributed by atoms with van der Waals surface area (Å²) in [5.41, 5.74) is -0.00761. The van der Waals surface area contributed by atoms with Gasteiger partial charge in [0.15, 0.2) is 0 Å². The molecule has 170 valence electrons. The van der Waals surface area contributed by atoms with Gasteiger partial charge in [-0.1, -0.05) is 12.1 Å². The van der Waals surface area contributed by atoms with Gasteiger partial charge >= 0.3 is 12.8 Å². The normalized spacial score (nSPS) is 26.6. The molecule has 2 aromatic rings. The Morgan fingerprint density at radius 2 is 1.81 bits per heavy atom. The van der Waals surface area contributed by atoms with Crippen LogP contribution in [0.15, 0.2) is 29.1 Å². The van der Waals surface area contributed by atoms with Gasteiger partial charge in [0.1, 0.15) is 11.6 Å². The summed E-state index contributed by atoms with van der Waals surface area (Å²) >= 11 is 0. The maximum absolute atomic E-state index is 13.1. The van der Waals surface area contributed by atoms with Gasteiger partial charge in [-0.25, -0.2) is 14.5 Å². The van der Waals surface area contributed by atoms with E-state index in [-0.39, 0.29) is 11.6 Å². The van der Waals surface area contributed by atoms with Gasteiger partial charge in [-0.05, 0) is 71.1 Å². The molecule has 2 N–H and O–H groups in total. The number of hydrogen-bond donors (Lipinski definition) is 2. The molecule has 3 aliphatic rings. The zero-order valence-electron chi connectivity index (χ0n) is 19.2. The molecule has 32 heavy (non-hydrogen) atoms. The molecule has 2 aliphatic heterocycles. The fourth-order valence-electron chi connectivity index (χ4n) is 4.75. The van der Waals surface area contributed by atoms with E-state index >= 15 is 0 Å². The van der Waals surface area contributed by atoms with Crippen LogP contribution in [0.2, 0.25) is 0 Å². The van der Waals surface area contributed by atoms with E-state index in [0.29, 0.717) is 30.3 Å². The van der Waals surface area contributed by atoms with Crippen LogP contribution in [0.5, 0.6) is 0 Å². The summed E-state index contributed by atoms with van der Waals surface area (Å²) in [5.74, 6) is 1.09. The van der Waals surface area contributed by atoms with Gasteiger partial charge in [-0.15, -0.1) is 0 Å². The molecule has 3 heterocycles. The Bertz CT molecular complexity index is 1060. The average molecular weight is 438 g/mol. The van der Waals surface area contributed by atoms with E-state index < -0.39 is 23.7 Å². The lowest BCUT2D eigenvalue weighted by Crippen LogP contribution is -2.41. The number of aromatic amines is 1. The van der Waals surface area contributed by atoms with Crippen molar-refractivity contribution in [2.75, 3.05) is 13.1 Å². The number of H-pyrrole nitrogens is 1. The highest BCUT2D eigenvalue weighted by atomic mass is 16.7. The second-order valence-corrected chi connectivity index (χ2v) is 10.5. The summed E-state index contributed by atoms with van der Waals surface area (Å²) in [4.78, 5) is 25.7. The maximum atomic E-state index is 13.1. The van der Waals surface area contributed by atoms with Crippen molar-refractivity contribution in [3.63, 3.8) is 0 Å². The van der Waals surface area contributed by atoms with Crippen LogP contribution >= 0.6 is 0 Å². The summed E-state index contributed by atoms with van der Waals surface area (Å²) in [6.45, 7) is 9.55. The first-order valence-electron chi connectivity index (χ1n) is 11.5. The van der Waals surface area contributed by atoms with Crippen molar-refractivity contribution in [2.24, 2.45) is 11.3 Å². The zero-order valence-corrected chi connectivity index (χ0v) is 19.2. The lowest BCUT2D eigenvalue weighted by molar-refractivity contribution is -0.129. The van der Waals surface area contributed by atoms with Crippen molar-refractivity contribution in [3.8, 4) is 5.69 Å². The molecule has 1 aromatic carbocycles. The number of carbonyl (C=O) groups excluding carboxylic acids is 1. The quantitative estimate of drug-likeness (QED) is 0.661. The van der Waals surface area contributed by atoms with E-state index in [0.717, 1.165) is 31.3 Å². The highest BCUT2D eigenvalue weighted by Gasteiger charge is 2.52. The van der Waals surface area contributed by atoms with Crippen LogP contribution in [0.3, 0.4) is 0 Å². The topological polar surface area (TPSA) is 98.2 Å². The molecule has 1 saturated carbocycles. The van der Waals surface area contributed by atoms with Gasteiger partial charge in [-0.3, -0.25) is 4.79 Å². The third-order valence-corrected chi connectivity index (χ3v) is 7.63. The number of aromatic nitrogens is 3. The van der Waals surface area contributed by atoms with Crippen LogP contribution in [0.1, 0.15) is 52.8 Å². The van der Waals surface area contributed by atoms with Gasteiger partial charge in [-0.2, -0.15) is 5.10 Å². The highest BCUT2D eigenvalue weighted by Crippen LogP contribution is 2.42. The van der Waals surface area contributed by atoms with E-state index in [4.69, 9.17) is 9.31 Å². The van der Waals surface area contributed by atoms with Crippen LogP contribution in [0.4, 0.5) is 0 Å². The van der Waals surface area contributed by atoms with Crippen molar-refractivity contribution in [1.82, 2.24) is 20.1 Å². The second kappa shape index (κ2) is 7.40. The SMILES string of the molecule is CC1(C)OB(c2ccc(-n3c(C[C@@]4(C(=O)C5CC5)CCNC4)n[nH]c3=O)cc2)OC1(C)C. The number of carbonyl (C=O) groups is 1. The number of rotatable bonds is 6. The summed E-state index contributed by atoms with van der Waals surface area (Å²) in [5, 5.41) is 10.2. The molecular weight excluding hydrogens is 407 g/mol. The van der Waals surface area contributed by atoms with Crippen LogP contribution in [0.25, 0.3) is 5.69 Å². The molecule has 5 rings (SSSR count). The van der Waals surface area contributed by atoms with Gasteiger partial charge in [0.2, 0.25) is 0 Å². The van der Waals surface area contributed by atoms with Crippen molar-refractivity contribution in [2.45, 2.75) is 64.6 Å². The van der Waals surface area contributed by atoms with Crippen LogP contribution < -0.4 is 16.5 Å². The Labute approximate surface area is 188 Å². The van der Waals surface area contributed by atoms with Crippen molar-refractivity contribution in [3.05, 3.63) is 40.6 Å². The Hall–Kier alpha value is -2.23. The molecule has 2 saturated heterocycles. The first kappa shape index (κ1) is 21.6. The minimum atomic E-state index is -0.479. The predicted molar refractivity (Wildman–Crippen MR) is 121 cm³/mol. The van der Waals surface area contributed by atoms with E-state index in [9.17, 15) is 9.59 Å². The number of Topliss-reactive ketones (excluding diaryl/α,β-unsaturated/α-hetero) is 1. The maximum Gasteiger partial charge on any atom is 0.494 e. The molecule has 0 radical (unpaired) electrons. The van der Waals surface area contributed by atoms with Crippen molar-refractivity contribution in [1.29, 1.82) is 0 Å². The van der Waals surface area contributed by atoms with Crippen LogP contribution in [0, 0.1) is 11.3 Å². The van der Waals surface area contributed by atoms with E-state index in [1.54, 1.807) is 4.57 Å². The molecule has 1 aromatic heterocycles. The van der Waals surface area contributed by atoms with Gasteiger partial charge in [0.25, 0.3) is 0 Å². The Kier molecular flexibility index (Phi) is 5.00. The average Bonchev–Trinajstić information content (AvgIpc) is 3.31. The van der Waals surface area contributed by atoms with Crippen molar-refractivity contribution >= 4 is 18.4 Å². The molecule has 0 bridgehead atoms. The molecule has 3 fully saturated rings. The highest BCUT2D eigenvalue weighted by molar-refractivity contribution is 6.62. The second-order valence-electron chi connectivity index (χ2n) is 10.5. The van der Waals surface area contributed by atoms with Crippen LogP contribution in [-0.4, -0.2) is 52.0 Å². The van der Waals surface area contributed by atoms with Gasteiger partial charge < -0.3 is 14.6 Å². The smallest absolute Gasteiger partial charge is 0.399 e. The minimum Gasteiger partial charge on any atom is -0.399 e. The Morgan fingerprint density at radius 1 is 1.16 bits per heavy atom. The molecule has 0 unspecified atom stereocenters. The lowest BCUT2D eigenvalue weighted by atomic mass is 9.77. The molecule has 1 aliphatic carbocycles. The first-order valence-corrected chi connectivity index (χ1v) is 11.5. The largest absolute Gasteiger partial charge is 0.494 e. The molecule has 9 heteroatoms. The zero-order chi connectivity index (χ0) is 22.7. The number of nitrogens with zero attached hydrogens (tertiary/aromatic N) is 2. The predicted octanol–water partition coefficient (Wildman–Crippen LogP) is 1.36. The number of hydrogen-bond acceptors (Lipinski definition) is 6. The summed E-state index contributed by atoms with van der Waals surface area (Å²) in [6, 6.07) is 7.60. The van der Waals surface area contributed by atoms with E-state index in [1.165, 1.54) is 0 Å². The monoisotopic (exact) mass is 438 g/mol. The number of benzene rings is 1. The molecule has 0 amide bonds. The van der Waals surface area contributed by atoms with E-state index in [2.05, 4.69) is 15.5 Å². The molecular formula is C23H31BN4O4. The number of nitrogens with one attached hydrogen (secondary N) is 2. The van der Waals surface area contributed by atoms with Crippen molar-refractivity contribution < 1.29 is 14.1 Å². The first-order chi connectivity index (χ1) is 15.1. The standard InChI is InChI=1S/C23H31BN4O4/c1-21(2)22(3,4)32-24(31-21)16-7-9-17(10-8-16)28-18(26-27-20(28)30)13-23(11-12-25-14-23)19(29)15-5-6-15/h7-10,15,25H,5-6,11-14H2,1-4H3,(H,27,30)/t23-/m0/s1. The fourth-order valence-corrected chi connectivity index (χ4v) is 4.75. The molecule has 8 nitrogen and oxygen atoms in total. The lowest BCUT2D eigenvalue weighted by Gasteiger charge is -2.32. The summed E-state index contributed by atoms with van der Waals surface area (Å²) < 4.78 is 13.8. The summed E-state index contributed by atoms with van der Waals surface area (Å²) in [7, 11) is -0.460. The third-order valence-electron chi connectivity index (χ3n) is 7.63. The minimum absolute atomic E-state index is 0.174. The molecule has 0 spiro atoms. The summed E-state index contributed by atoms with van der Waals surface area (Å²) in [6.07, 6.45) is 3.19. The van der Waals surface area contributed by atoms with E-state index in [1.807, 2.05) is 52.0 Å².